The van der Waals surface area contributed by atoms with Crippen molar-refractivity contribution in [3.05, 3.63) is 17.0 Å². The Kier molecular flexibility index (Phi) is 4.40. The first-order valence-electron chi connectivity index (χ1n) is 7.42. The molecule has 114 valence electrons. The summed E-state index contributed by atoms with van der Waals surface area (Å²) in [4.78, 5) is 19.4. The zero-order chi connectivity index (χ0) is 14.7. The number of hydrogen-bond donors (Lipinski definition) is 3. The van der Waals surface area contributed by atoms with Gasteiger partial charge in [0.25, 0.3) is 5.91 Å². The molecule has 1 atom stereocenters. The van der Waals surface area contributed by atoms with Crippen LogP contribution in [0, 0.1) is 0 Å². The molecule has 1 aromatic rings. The Labute approximate surface area is 128 Å². The van der Waals surface area contributed by atoms with E-state index in [4.69, 9.17) is 5.73 Å². The number of nitrogen functional groups attached to an aromatic ring is 1. The number of nitrogens with one attached hydrogen (secondary N) is 2. The lowest BCUT2D eigenvalue weighted by Crippen LogP contribution is -2.43. The molecule has 1 aliphatic heterocycles. The molecule has 3 rings (SSSR count). The largest absolute Gasteiger partial charge is 0.382 e. The highest BCUT2D eigenvalue weighted by atomic mass is 32.1. The topological polar surface area (TPSA) is 83.3 Å². The summed E-state index contributed by atoms with van der Waals surface area (Å²) < 4.78 is 0. The van der Waals surface area contributed by atoms with Gasteiger partial charge in [-0.1, -0.05) is 23.5 Å². The monoisotopic (exact) mass is 307 g/mol. The molecule has 1 aromatic heterocycles. The quantitative estimate of drug-likeness (QED) is 0.725. The number of carbonyl (C=O) groups excluding carboxylic acids is 1. The SMILES string of the molecule is Nc1nc(N2CCNCC2)sc1C(=O)NC1CC=CCC1. The van der Waals surface area contributed by atoms with Gasteiger partial charge in [-0.2, -0.15) is 0 Å². The molecule has 0 saturated carbocycles. The van der Waals surface area contributed by atoms with Gasteiger partial charge >= 0.3 is 0 Å². The Morgan fingerprint density at radius 2 is 2.24 bits per heavy atom. The molecule has 2 aliphatic rings. The zero-order valence-electron chi connectivity index (χ0n) is 12.0. The van der Waals surface area contributed by atoms with Crippen LogP contribution in [0.2, 0.25) is 0 Å². The van der Waals surface area contributed by atoms with Crippen molar-refractivity contribution >= 4 is 28.2 Å². The van der Waals surface area contributed by atoms with Crippen LogP contribution in [-0.2, 0) is 0 Å². The minimum Gasteiger partial charge on any atom is -0.382 e. The number of hydrogen-bond acceptors (Lipinski definition) is 6. The minimum atomic E-state index is -0.0910. The number of thiazole rings is 1. The molecule has 1 amide bonds. The van der Waals surface area contributed by atoms with Crippen LogP contribution in [0.15, 0.2) is 12.2 Å². The number of rotatable bonds is 3. The predicted molar refractivity (Wildman–Crippen MR) is 85.9 cm³/mol. The highest BCUT2D eigenvalue weighted by Gasteiger charge is 2.22. The van der Waals surface area contributed by atoms with Gasteiger partial charge in [0.15, 0.2) is 5.13 Å². The third-order valence-corrected chi connectivity index (χ3v) is 4.97. The van der Waals surface area contributed by atoms with Gasteiger partial charge in [0.2, 0.25) is 0 Å². The molecule has 21 heavy (non-hydrogen) atoms. The summed E-state index contributed by atoms with van der Waals surface area (Å²) in [6, 6.07) is 0.214. The van der Waals surface area contributed by atoms with Gasteiger partial charge in [0, 0.05) is 32.2 Å². The van der Waals surface area contributed by atoms with Crippen molar-refractivity contribution in [3.8, 4) is 0 Å². The third-order valence-electron chi connectivity index (χ3n) is 3.84. The minimum absolute atomic E-state index is 0.0910. The molecule has 0 bridgehead atoms. The first-order valence-corrected chi connectivity index (χ1v) is 8.23. The Balaban J connectivity index is 1.68. The summed E-state index contributed by atoms with van der Waals surface area (Å²) in [6.45, 7) is 3.69. The van der Waals surface area contributed by atoms with E-state index in [0.29, 0.717) is 10.7 Å². The van der Waals surface area contributed by atoms with Crippen molar-refractivity contribution in [2.75, 3.05) is 36.8 Å². The number of allylic oxidation sites excluding steroid dienone is 1. The predicted octanol–water partition coefficient (Wildman–Crippen LogP) is 0.973. The molecular weight excluding hydrogens is 286 g/mol. The molecular formula is C14H21N5OS. The average Bonchev–Trinajstić information content (AvgIpc) is 2.91. The molecule has 1 saturated heterocycles. The zero-order valence-corrected chi connectivity index (χ0v) is 12.8. The van der Waals surface area contributed by atoms with Crippen LogP contribution < -0.4 is 21.3 Å². The van der Waals surface area contributed by atoms with E-state index in [1.807, 2.05) is 0 Å². The third kappa shape index (κ3) is 3.36. The summed E-state index contributed by atoms with van der Waals surface area (Å²) in [7, 11) is 0. The van der Waals surface area contributed by atoms with Gasteiger partial charge in [-0.05, 0) is 19.3 Å². The van der Waals surface area contributed by atoms with E-state index in [-0.39, 0.29) is 11.9 Å². The number of aromatic nitrogens is 1. The molecule has 4 N–H and O–H groups in total. The van der Waals surface area contributed by atoms with E-state index in [0.717, 1.165) is 50.6 Å². The summed E-state index contributed by atoms with van der Waals surface area (Å²) >= 11 is 1.39. The molecule has 0 aromatic carbocycles. The second kappa shape index (κ2) is 6.44. The number of piperazine rings is 1. The molecule has 6 nitrogen and oxygen atoms in total. The lowest BCUT2D eigenvalue weighted by molar-refractivity contribution is 0.0939. The normalized spacial score (nSPS) is 22.3. The highest BCUT2D eigenvalue weighted by molar-refractivity contribution is 7.18. The van der Waals surface area contributed by atoms with Crippen LogP contribution in [0.1, 0.15) is 28.9 Å². The first-order chi connectivity index (χ1) is 10.2. The Hall–Kier alpha value is -1.60. The standard InChI is InChI=1S/C14H21N5OS/c15-12-11(13(20)17-10-4-2-1-3-5-10)21-14(18-12)19-8-6-16-7-9-19/h1-2,10,16H,3-9,15H2,(H,17,20). The van der Waals surface area contributed by atoms with Crippen LogP contribution in [-0.4, -0.2) is 43.1 Å². The van der Waals surface area contributed by atoms with Crippen molar-refractivity contribution in [2.45, 2.75) is 25.3 Å². The van der Waals surface area contributed by atoms with Crippen LogP contribution in [0.25, 0.3) is 0 Å². The average molecular weight is 307 g/mol. The number of amides is 1. The fourth-order valence-corrected chi connectivity index (χ4v) is 3.59. The van der Waals surface area contributed by atoms with Gasteiger partial charge < -0.3 is 21.3 Å². The van der Waals surface area contributed by atoms with E-state index in [1.54, 1.807) is 0 Å². The van der Waals surface area contributed by atoms with Crippen LogP contribution >= 0.6 is 11.3 Å². The van der Waals surface area contributed by atoms with Gasteiger partial charge in [-0.15, -0.1) is 0 Å². The summed E-state index contributed by atoms with van der Waals surface area (Å²) in [5.41, 5.74) is 5.94. The van der Waals surface area contributed by atoms with E-state index >= 15 is 0 Å². The number of nitrogens with zero attached hydrogens (tertiary/aromatic N) is 2. The molecule has 2 heterocycles. The molecule has 1 unspecified atom stereocenters. The maximum atomic E-state index is 12.4. The molecule has 0 radical (unpaired) electrons. The van der Waals surface area contributed by atoms with Crippen LogP contribution in [0.4, 0.5) is 10.9 Å². The van der Waals surface area contributed by atoms with Gasteiger partial charge in [-0.25, -0.2) is 4.98 Å². The van der Waals surface area contributed by atoms with E-state index in [1.165, 1.54) is 11.3 Å². The lowest BCUT2D eigenvalue weighted by Gasteiger charge is -2.26. The second-order valence-electron chi connectivity index (χ2n) is 5.40. The fourth-order valence-electron chi connectivity index (χ4n) is 2.65. The van der Waals surface area contributed by atoms with Crippen molar-refractivity contribution in [2.24, 2.45) is 0 Å². The first kappa shape index (κ1) is 14.3. The molecule has 7 heteroatoms. The molecule has 1 aliphatic carbocycles. The summed E-state index contributed by atoms with van der Waals surface area (Å²) in [6.07, 6.45) is 7.19. The van der Waals surface area contributed by atoms with Gasteiger partial charge in [-0.3, -0.25) is 4.79 Å². The van der Waals surface area contributed by atoms with Gasteiger partial charge in [0.05, 0.1) is 0 Å². The Morgan fingerprint density at radius 1 is 1.43 bits per heavy atom. The smallest absolute Gasteiger partial charge is 0.265 e. The van der Waals surface area contributed by atoms with Crippen molar-refractivity contribution in [1.29, 1.82) is 0 Å². The lowest BCUT2D eigenvalue weighted by atomic mass is 10.0. The number of nitrogens with two attached hydrogens (primary N) is 1. The fraction of sp³-hybridized carbons (Fsp3) is 0.571. The van der Waals surface area contributed by atoms with Crippen molar-refractivity contribution in [1.82, 2.24) is 15.6 Å². The van der Waals surface area contributed by atoms with Crippen molar-refractivity contribution < 1.29 is 4.79 Å². The Morgan fingerprint density at radius 3 is 2.95 bits per heavy atom. The van der Waals surface area contributed by atoms with E-state index in [9.17, 15) is 4.79 Å². The Bertz CT molecular complexity index is 535. The molecule has 1 fully saturated rings. The van der Waals surface area contributed by atoms with Crippen LogP contribution in [0.3, 0.4) is 0 Å². The number of carbonyl (C=O) groups is 1. The maximum Gasteiger partial charge on any atom is 0.265 e. The number of anilines is 2. The van der Waals surface area contributed by atoms with Crippen LogP contribution in [0.5, 0.6) is 0 Å². The van der Waals surface area contributed by atoms with E-state index < -0.39 is 0 Å². The summed E-state index contributed by atoms with van der Waals surface area (Å²) in [5.74, 6) is 0.254. The van der Waals surface area contributed by atoms with Gasteiger partial charge in [0.1, 0.15) is 10.7 Å². The van der Waals surface area contributed by atoms with E-state index in [2.05, 4.69) is 32.7 Å². The summed E-state index contributed by atoms with van der Waals surface area (Å²) in [5, 5.41) is 7.21. The molecule has 0 spiro atoms. The maximum absolute atomic E-state index is 12.4. The highest BCUT2D eigenvalue weighted by Crippen LogP contribution is 2.28. The second-order valence-corrected chi connectivity index (χ2v) is 6.38. The van der Waals surface area contributed by atoms with Crippen molar-refractivity contribution in [3.63, 3.8) is 0 Å².